The average Bonchev–Trinajstić information content (AvgIpc) is 2.87. The molecule has 4 N–H and O–H groups in total. The van der Waals surface area contributed by atoms with Gasteiger partial charge in [-0.25, -0.2) is 9.69 Å². The van der Waals surface area contributed by atoms with Gasteiger partial charge in [0, 0.05) is 13.1 Å². The smallest absolute Gasteiger partial charge is 0.329 e. The van der Waals surface area contributed by atoms with Gasteiger partial charge in [-0.05, 0) is 19.8 Å². The first-order chi connectivity index (χ1) is 10.1. The number of ether oxygens (including phenoxy) is 1. The minimum atomic E-state index is -1.77. The molecular weight excluding hydrogens is 357 g/mol. The van der Waals surface area contributed by atoms with Crippen molar-refractivity contribution in [3.8, 4) is 0 Å². The van der Waals surface area contributed by atoms with Crippen molar-refractivity contribution in [3.05, 3.63) is 0 Å². The molecule has 0 saturated carbocycles. The summed E-state index contributed by atoms with van der Waals surface area (Å²) in [7, 11) is 0. The number of hydrogen-bond acceptors (Lipinski definition) is 6. The van der Waals surface area contributed by atoms with Crippen molar-refractivity contribution >= 4 is 46.7 Å². The van der Waals surface area contributed by atoms with Gasteiger partial charge in [0.05, 0.1) is 6.10 Å². The van der Waals surface area contributed by atoms with E-state index in [4.69, 9.17) is 45.3 Å². The van der Waals surface area contributed by atoms with E-state index in [1.54, 1.807) is 4.90 Å². The predicted molar refractivity (Wildman–Crippen MR) is 81.5 cm³/mol. The van der Waals surface area contributed by atoms with Crippen molar-refractivity contribution in [2.24, 2.45) is 5.73 Å². The van der Waals surface area contributed by atoms with Gasteiger partial charge < -0.3 is 20.9 Å². The van der Waals surface area contributed by atoms with Crippen molar-refractivity contribution in [1.82, 2.24) is 10.2 Å². The van der Waals surface area contributed by atoms with Crippen LogP contribution in [-0.4, -0.2) is 62.7 Å². The lowest BCUT2D eigenvalue weighted by molar-refractivity contribution is -0.145. The average molecular weight is 375 g/mol. The molecule has 7 nitrogen and oxygen atoms in total. The second kappa shape index (κ2) is 6.30. The topological polar surface area (TPSA) is 105 Å². The van der Waals surface area contributed by atoms with Gasteiger partial charge in [-0.15, -0.1) is 0 Å². The third-order valence-corrected chi connectivity index (χ3v) is 4.66. The Morgan fingerprint density at radius 2 is 2.27 bits per heavy atom. The first-order valence-electron chi connectivity index (χ1n) is 6.85. The highest BCUT2D eigenvalue weighted by Crippen LogP contribution is 2.46. The first-order valence-corrected chi connectivity index (χ1v) is 7.98. The Hall–Kier alpha value is -0.310. The summed E-state index contributed by atoms with van der Waals surface area (Å²) in [6.07, 6.45) is -0.747. The maximum Gasteiger partial charge on any atom is 0.329 e. The summed E-state index contributed by atoms with van der Waals surface area (Å²) < 4.78 is 3.45. The number of primary amides is 1. The number of alkyl halides is 3. The molecule has 2 rings (SSSR count). The van der Waals surface area contributed by atoms with Crippen LogP contribution in [0.15, 0.2) is 0 Å². The fourth-order valence-corrected chi connectivity index (χ4v) is 3.52. The maximum absolute atomic E-state index is 12.3. The minimum Gasteiger partial charge on any atom is -0.440 e. The van der Waals surface area contributed by atoms with Gasteiger partial charge >= 0.3 is 5.97 Å². The molecule has 0 aromatic heterocycles. The number of aliphatic hydroxyl groups excluding tert-OH is 1. The molecule has 0 radical (unpaired) electrons. The zero-order chi connectivity index (χ0) is 16.7. The number of halogens is 3. The largest absolute Gasteiger partial charge is 0.440 e. The Bertz CT molecular complexity index is 471. The Morgan fingerprint density at radius 3 is 2.77 bits per heavy atom. The molecule has 10 heteroatoms. The Labute approximate surface area is 143 Å². The van der Waals surface area contributed by atoms with Crippen LogP contribution in [0.5, 0.6) is 0 Å². The Morgan fingerprint density at radius 1 is 1.64 bits per heavy atom. The van der Waals surface area contributed by atoms with Crippen LogP contribution < -0.4 is 11.1 Å². The molecule has 1 amide bonds. The predicted octanol–water partition coefficient (Wildman–Crippen LogP) is -0.102. The summed E-state index contributed by atoms with van der Waals surface area (Å²) >= 11 is 17.6. The maximum atomic E-state index is 12.3. The monoisotopic (exact) mass is 373 g/mol. The summed E-state index contributed by atoms with van der Waals surface area (Å²) in [5.74, 6) is -1.22. The van der Waals surface area contributed by atoms with Gasteiger partial charge in [0.1, 0.15) is 11.6 Å². The molecule has 22 heavy (non-hydrogen) atoms. The second-order valence-electron chi connectivity index (χ2n) is 5.63. The molecule has 2 aliphatic heterocycles. The molecule has 0 aliphatic carbocycles. The number of carbonyl (C=O) groups excluding carboxylic acids is 2. The molecule has 2 heterocycles. The molecule has 0 spiro atoms. The van der Waals surface area contributed by atoms with Gasteiger partial charge in [-0.3, -0.25) is 4.79 Å². The van der Waals surface area contributed by atoms with Gasteiger partial charge in [0.15, 0.2) is 0 Å². The van der Waals surface area contributed by atoms with Crippen LogP contribution in [0.1, 0.15) is 19.8 Å². The van der Waals surface area contributed by atoms with Crippen LogP contribution in [0.4, 0.5) is 0 Å². The highest BCUT2D eigenvalue weighted by molar-refractivity contribution is 6.68. The van der Waals surface area contributed by atoms with E-state index in [2.05, 4.69) is 5.32 Å². The number of rotatable bonds is 5. The minimum absolute atomic E-state index is 0.0710. The van der Waals surface area contributed by atoms with Gasteiger partial charge in [-0.1, -0.05) is 34.8 Å². The number of nitrogens with one attached hydrogen (secondary N) is 1. The number of amides is 1. The first kappa shape index (κ1) is 18.0. The van der Waals surface area contributed by atoms with E-state index in [0.29, 0.717) is 13.0 Å². The molecule has 0 aromatic rings. The van der Waals surface area contributed by atoms with E-state index in [1.807, 2.05) is 0 Å². The number of cyclic esters (lactones) is 1. The van der Waals surface area contributed by atoms with Crippen LogP contribution in [0.2, 0.25) is 0 Å². The SMILES string of the molecule is C[C@@H](O)[C@H](NC[C@]12CCCN1[C@H](C(Cl)(Cl)Cl)OC2=O)C(N)=O. The van der Waals surface area contributed by atoms with Crippen LogP contribution in [0, 0.1) is 0 Å². The molecule has 0 unspecified atom stereocenters. The van der Waals surface area contributed by atoms with Crippen molar-refractivity contribution in [2.45, 2.75) is 47.5 Å². The van der Waals surface area contributed by atoms with Crippen LogP contribution in [0.25, 0.3) is 0 Å². The van der Waals surface area contributed by atoms with E-state index in [-0.39, 0.29) is 6.54 Å². The highest BCUT2D eigenvalue weighted by atomic mass is 35.6. The lowest BCUT2D eigenvalue weighted by Gasteiger charge is -2.33. The van der Waals surface area contributed by atoms with E-state index in [0.717, 1.165) is 6.42 Å². The summed E-state index contributed by atoms with van der Waals surface area (Å²) in [4.78, 5) is 25.4. The van der Waals surface area contributed by atoms with Crippen molar-refractivity contribution in [1.29, 1.82) is 0 Å². The zero-order valence-electron chi connectivity index (χ0n) is 11.9. The fourth-order valence-electron chi connectivity index (χ4n) is 3.03. The summed E-state index contributed by atoms with van der Waals surface area (Å²) in [5, 5.41) is 12.4. The molecule has 2 saturated heterocycles. The lowest BCUT2D eigenvalue weighted by atomic mass is 9.96. The number of carbonyl (C=O) groups is 2. The van der Waals surface area contributed by atoms with E-state index >= 15 is 0 Å². The van der Waals surface area contributed by atoms with Crippen LogP contribution in [-0.2, 0) is 14.3 Å². The van der Waals surface area contributed by atoms with Gasteiger partial charge in [0.2, 0.25) is 15.9 Å². The van der Waals surface area contributed by atoms with E-state index < -0.39 is 39.6 Å². The van der Waals surface area contributed by atoms with Gasteiger partial charge in [-0.2, -0.15) is 0 Å². The molecule has 2 fully saturated rings. The number of aliphatic hydroxyl groups is 1. The molecule has 0 aromatic carbocycles. The van der Waals surface area contributed by atoms with Crippen molar-refractivity contribution in [3.63, 3.8) is 0 Å². The number of nitrogens with zero attached hydrogens (tertiary/aromatic N) is 1. The lowest BCUT2D eigenvalue weighted by Crippen LogP contribution is -2.59. The Kier molecular flexibility index (Phi) is 5.16. The third kappa shape index (κ3) is 3.16. The van der Waals surface area contributed by atoms with Gasteiger partial charge in [0.25, 0.3) is 0 Å². The quantitative estimate of drug-likeness (QED) is 0.458. The molecule has 126 valence electrons. The number of esters is 1. The molecule has 0 bridgehead atoms. The molecule has 4 atom stereocenters. The van der Waals surface area contributed by atoms with Crippen molar-refractivity contribution in [2.75, 3.05) is 13.1 Å². The zero-order valence-corrected chi connectivity index (χ0v) is 14.2. The number of nitrogens with two attached hydrogens (primary N) is 1. The fraction of sp³-hybridized carbons (Fsp3) is 0.833. The number of hydrogen-bond donors (Lipinski definition) is 3. The van der Waals surface area contributed by atoms with E-state index in [1.165, 1.54) is 6.92 Å². The second-order valence-corrected chi connectivity index (χ2v) is 8.00. The summed E-state index contributed by atoms with van der Waals surface area (Å²) in [6.45, 7) is 2.03. The number of fused-ring (bicyclic) bond motifs is 1. The summed E-state index contributed by atoms with van der Waals surface area (Å²) in [6, 6.07) is -0.976. The standard InChI is InChI=1S/C12H18Cl3N3O4/c1-6(19)7(8(16)20)17-5-11-3-2-4-18(11)9(12(13,14)15)22-10(11)21/h6-7,9,17,19H,2-5H2,1H3,(H2,16,20)/t6-,7+,9+,11+/m1/s1. The third-order valence-electron chi connectivity index (χ3n) is 4.10. The highest BCUT2D eigenvalue weighted by Gasteiger charge is 2.62. The van der Waals surface area contributed by atoms with Crippen LogP contribution in [0.3, 0.4) is 0 Å². The normalized spacial score (nSPS) is 31.7. The summed E-state index contributed by atoms with van der Waals surface area (Å²) in [5.41, 5.74) is 4.22. The Balaban J connectivity index is 2.17. The van der Waals surface area contributed by atoms with Crippen LogP contribution >= 0.6 is 34.8 Å². The molecule has 2 aliphatic rings. The molecular formula is C12H18Cl3N3O4. The van der Waals surface area contributed by atoms with E-state index in [9.17, 15) is 14.7 Å². The van der Waals surface area contributed by atoms with Crippen molar-refractivity contribution < 1.29 is 19.4 Å².